The Morgan fingerprint density at radius 2 is 1.96 bits per heavy atom. The first-order valence-corrected chi connectivity index (χ1v) is 8.43. The van der Waals surface area contributed by atoms with Crippen molar-refractivity contribution < 1.29 is 18.7 Å². The smallest absolute Gasteiger partial charge is 0.305 e. The fourth-order valence-corrected chi connectivity index (χ4v) is 2.99. The minimum Gasteiger partial charge on any atom is -0.466 e. The maximum absolute atomic E-state index is 13.3. The third-order valence-electron chi connectivity index (χ3n) is 4.28. The Bertz CT molecular complexity index is 786. The van der Waals surface area contributed by atoms with E-state index in [2.05, 4.69) is 0 Å². The topological polar surface area (TPSA) is 46.6 Å². The number of halogens is 1. The Balaban J connectivity index is 1.62. The fraction of sp³-hybridized carbons (Fsp3) is 0.300. The van der Waals surface area contributed by atoms with E-state index in [1.165, 1.54) is 12.1 Å². The highest BCUT2D eigenvalue weighted by atomic mass is 19.1. The van der Waals surface area contributed by atoms with E-state index in [-0.39, 0.29) is 11.9 Å². The molecule has 1 heterocycles. The first kappa shape index (κ1) is 17.1. The molecule has 0 saturated heterocycles. The lowest BCUT2D eigenvalue weighted by Crippen LogP contribution is -2.22. The van der Waals surface area contributed by atoms with Crippen molar-refractivity contribution in [2.45, 2.75) is 32.7 Å². The number of hydrogen-bond acceptors (Lipinski definition) is 3. The van der Waals surface area contributed by atoms with Crippen LogP contribution in [-0.2, 0) is 22.5 Å². The van der Waals surface area contributed by atoms with Crippen LogP contribution >= 0.6 is 0 Å². The van der Waals surface area contributed by atoms with Crippen LogP contribution < -0.4 is 4.90 Å². The van der Waals surface area contributed by atoms with Crippen molar-refractivity contribution in [2.75, 3.05) is 11.5 Å². The summed E-state index contributed by atoms with van der Waals surface area (Å²) < 4.78 is 18.2. The summed E-state index contributed by atoms with van der Waals surface area (Å²) in [4.78, 5) is 25.4. The summed E-state index contributed by atoms with van der Waals surface area (Å²) in [6, 6.07) is 12.0. The lowest BCUT2D eigenvalue weighted by Gasteiger charge is -2.16. The maximum Gasteiger partial charge on any atom is 0.305 e. The van der Waals surface area contributed by atoms with Gasteiger partial charge in [-0.15, -0.1) is 0 Å². The van der Waals surface area contributed by atoms with Crippen molar-refractivity contribution >= 4 is 17.6 Å². The van der Waals surface area contributed by atoms with Gasteiger partial charge in [-0.25, -0.2) is 4.39 Å². The molecular formula is C20H20FNO3. The van der Waals surface area contributed by atoms with E-state index in [1.54, 1.807) is 17.9 Å². The molecule has 0 N–H and O–H groups in total. The predicted molar refractivity (Wildman–Crippen MR) is 92.9 cm³/mol. The normalized spacial score (nSPS) is 13.0. The van der Waals surface area contributed by atoms with E-state index in [0.29, 0.717) is 25.1 Å². The standard InChI is InChI=1S/C20H20FNO3/c1-2-25-19(23)5-3-4-14-6-10-17(11-7-14)22-13-15-8-9-16(21)12-18(15)20(22)24/h6-12H,2-5,13H2,1H3. The molecule has 0 atom stereocenters. The molecular weight excluding hydrogens is 321 g/mol. The Labute approximate surface area is 146 Å². The van der Waals surface area contributed by atoms with Crippen LogP contribution in [0.2, 0.25) is 0 Å². The van der Waals surface area contributed by atoms with Gasteiger partial charge in [-0.3, -0.25) is 9.59 Å². The summed E-state index contributed by atoms with van der Waals surface area (Å²) in [7, 11) is 0. The number of aryl methyl sites for hydroxylation is 1. The van der Waals surface area contributed by atoms with Crippen molar-refractivity contribution in [3.8, 4) is 0 Å². The van der Waals surface area contributed by atoms with Gasteiger partial charge in [0.1, 0.15) is 5.82 Å². The first-order valence-electron chi connectivity index (χ1n) is 8.43. The molecule has 0 radical (unpaired) electrons. The Kier molecular flexibility index (Phi) is 5.12. The molecule has 0 aromatic heterocycles. The lowest BCUT2D eigenvalue weighted by atomic mass is 10.1. The number of rotatable bonds is 6. The summed E-state index contributed by atoms with van der Waals surface area (Å²) in [6.07, 6.45) is 1.91. The molecule has 0 unspecified atom stereocenters. The van der Waals surface area contributed by atoms with Crippen molar-refractivity contribution in [3.63, 3.8) is 0 Å². The zero-order chi connectivity index (χ0) is 17.8. The second kappa shape index (κ2) is 7.47. The molecule has 1 aliphatic heterocycles. The minimum atomic E-state index is -0.397. The van der Waals surface area contributed by atoms with Crippen LogP contribution in [0.1, 0.15) is 41.3 Å². The third kappa shape index (κ3) is 3.87. The summed E-state index contributed by atoms with van der Waals surface area (Å²) in [5, 5.41) is 0. The predicted octanol–water partition coefficient (Wildman–Crippen LogP) is 3.87. The number of nitrogens with zero attached hydrogens (tertiary/aromatic N) is 1. The lowest BCUT2D eigenvalue weighted by molar-refractivity contribution is -0.143. The fourth-order valence-electron chi connectivity index (χ4n) is 2.99. The highest BCUT2D eigenvalue weighted by molar-refractivity contribution is 6.09. The summed E-state index contributed by atoms with van der Waals surface area (Å²) in [5.41, 5.74) is 3.16. The number of hydrogen-bond donors (Lipinski definition) is 0. The average Bonchev–Trinajstić information content (AvgIpc) is 2.92. The van der Waals surface area contributed by atoms with Crippen LogP contribution in [-0.4, -0.2) is 18.5 Å². The van der Waals surface area contributed by atoms with Crippen LogP contribution in [0.3, 0.4) is 0 Å². The number of ether oxygens (including phenoxy) is 1. The Hall–Kier alpha value is -2.69. The van der Waals surface area contributed by atoms with Gasteiger partial charge in [-0.1, -0.05) is 18.2 Å². The molecule has 2 aromatic carbocycles. The summed E-state index contributed by atoms with van der Waals surface area (Å²) in [5.74, 6) is -0.748. The quantitative estimate of drug-likeness (QED) is 0.749. The number of carbonyl (C=O) groups is 2. The molecule has 5 heteroatoms. The van der Waals surface area contributed by atoms with Gasteiger partial charge in [0.05, 0.1) is 13.2 Å². The zero-order valence-electron chi connectivity index (χ0n) is 14.1. The van der Waals surface area contributed by atoms with E-state index in [0.717, 1.165) is 29.7 Å². The van der Waals surface area contributed by atoms with E-state index in [4.69, 9.17) is 4.74 Å². The van der Waals surface area contributed by atoms with Gasteiger partial charge in [-0.2, -0.15) is 0 Å². The van der Waals surface area contributed by atoms with E-state index in [1.807, 2.05) is 24.3 Å². The van der Waals surface area contributed by atoms with Crippen molar-refractivity contribution in [2.24, 2.45) is 0 Å². The number of benzene rings is 2. The number of fused-ring (bicyclic) bond motifs is 1. The highest BCUT2D eigenvalue weighted by Gasteiger charge is 2.28. The molecule has 130 valence electrons. The van der Waals surface area contributed by atoms with Gasteiger partial charge >= 0.3 is 5.97 Å². The maximum atomic E-state index is 13.3. The molecule has 3 rings (SSSR count). The number of anilines is 1. The van der Waals surface area contributed by atoms with Crippen LogP contribution in [0.5, 0.6) is 0 Å². The van der Waals surface area contributed by atoms with Crippen LogP contribution in [0, 0.1) is 5.82 Å². The second-order valence-corrected chi connectivity index (χ2v) is 6.02. The van der Waals surface area contributed by atoms with Gasteiger partial charge in [0.15, 0.2) is 0 Å². The Morgan fingerprint density at radius 1 is 1.20 bits per heavy atom. The van der Waals surface area contributed by atoms with E-state index >= 15 is 0 Å². The molecule has 0 bridgehead atoms. The number of amides is 1. The Morgan fingerprint density at radius 3 is 2.68 bits per heavy atom. The molecule has 2 aromatic rings. The van der Waals surface area contributed by atoms with Crippen LogP contribution in [0.25, 0.3) is 0 Å². The molecule has 1 amide bonds. The van der Waals surface area contributed by atoms with E-state index < -0.39 is 5.82 Å². The molecule has 0 aliphatic carbocycles. The highest BCUT2D eigenvalue weighted by Crippen LogP contribution is 2.29. The van der Waals surface area contributed by atoms with Gasteiger partial charge < -0.3 is 9.64 Å². The molecule has 0 saturated carbocycles. The monoisotopic (exact) mass is 341 g/mol. The molecule has 1 aliphatic rings. The number of carbonyl (C=O) groups excluding carboxylic acids is 2. The van der Waals surface area contributed by atoms with Crippen LogP contribution in [0.15, 0.2) is 42.5 Å². The third-order valence-corrected chi connectivity index (χ3v) is 4.28. The largest absolute Gasteiger partial charge is 0.466 e. The minimum absolute atomic E-state index is 0.174. The first-order chi connectivity index (χ1) is 12.1. The summed E-state index contributed by atoms with van der Waals surface area (Å²) >= 11 is 0. The molecule has 4 nitrogen and oxygen atoms in total. The van der Waals surface area contributed by atoms with Crippen molar-refractivity contribution in [1.82, 2.24) is 0 Å². The van der Waals surface area contributed by atoms with Gasteiger partial charge in [0.2, 0.25) is 0 Å². The summed E-state index contributed by atoms with van der Waals surface area (Å²) in [6.45, 7) is 2.66. The number of esters is 1. The SMILES string of the molecule is CCOC(=O)CCCc1ccc(N2Cc3ccc(F)cc3C2=O)cc1. The van der Waals surface area contributed by atoms with Crippen molar-refractivity contribution in [1.29, 1.82) is 0 Å². The van der Waals surface area contributed by atoms with Gasteiger partial charge in [0, 0.05) is 17.7 Å². The zero-order valence-corrected chi connectivity index (χ0v) is 14.1. The molecule has 0 spiro atoms. The van der Waals surface area contributed by atoms with Gasteiger partial charge in [-0.05, 0) is 55.2 Å². The molecule has 0 fully saturated rings. The second-order valence-electron chi connectivity index (χ2n) is 6.02. The average molecular weight is 341 g/mol. The van der Waals surface area contributed by atoms with Gasteiger partial charge in [0.25, 0.3) is 5.91 Å². The van der Waals surface area contributed by atoms with Crippen LogP contribution in [0.4, 0.5) is 10.1 Å². The van der Waals surface area contributed by atoms with Crippen molar-refractivity contribution in [3.05, 3.63) is 65.0 Å². The molecule has 25 heavy (non-hydrogen) atoms. The van der Waals surface area contributed by atoms with E-state index in [9.17, 15) is 14.0 Å².